The average Bonchev–Trinajstić information content (AvgIpc) is 2.99. The van der Waals surface area contributed by atoms with Crippen molar-refractivity contribution in [2.24, 2.45) is 4.99 Å². The number of thioether (sulfide) groups is 1. The van der Waals surface area contributed by atoms with Gasteiger partial charge in [-0.25, -0.2) is 9.18 Å². The minimum absolute atomic E-state index is 0.243. The molecule has 2 nitrogen and oxygen atoms in total. The van der Waals surface area contributed by atoms with Gasteiger partial charge < -0.3 is 0 Å². The van der Waals surface area contributed by atoms with Crippen LogP contribution in [0.3, 0.4) is 0 Å². The van der Waals surface area contributed by atoms with E-state index in [0.717, 1.165) is 18.4 Å². The molecule has 0 saturated heterocycles. The van der Waals surface area contributed by atoms with Gasteiger partial charge in [0.05, 0.1) is 5.54 Å². The van der Waals surface area contributed by atoms with E-state index in [-0.39, 0.29) is 5.82 Å². The number of hydrogen-bond donors (Lipinski definition) is 0. The molecule has 0 amide bonds. The molecule has 1 aromatic carbocycles. The molecule has 15 heavy (non-hydrogen) atoms. The van der Waals surface area contributed by atoms with Crippen LogP contribution in [0.15, 0.2) is 28.1 Å². The Morgan fingerprint density at radius 2 is 2.27 bits per heavy atom. The third-order valence-electron chi connectivity index (χ3n) is 2.67. The van der Waals surface area contributed by atoms with Crippen molar-refractivity contribution in [2.75, 3.05) is 6.26 Å². The lowest BCUT2D eigenvalue weighted by molar-refractivity contribution is 0.554. The molecule has 1 aliphatic carbocycles. The Labute approximate surface area is 91.6 Å². The van der Waals surface area contributed by atoms with Gasteiger partial charge in [0.25, 0.3) is 0 Å². The number of benzene rings is 1. The van der Waals surface area contributed by atoms with Crippen molar-refractivity contribution in [1.29, 1.82) is 0 Å². The van der Waals surface area contributed by atoms with Crippen LogP contribution in [0.5, 0.6) is 0 Å². The summed E-state index contributed by atoms with van der Waals surface area (Å²) in [5.74, 6) is -0.243. The molecular weight excluding hydrogens is 213 g/mol. The fraction of sp³-hybridized carbons (Fsp3) is 0.364. The molecule has 0 radical (unpaired) electrons. The third-order valence-corrected chi connectivity index (χ3v) is 3.44. The van der Waals surface area contributed by atoms with Gasteiger partial charge in [-0.3, -0.25) is 0 Å². The first-order chi connectivity index (χ1) is 7.22. The zero-order valence-corrected chi connectivity index (χ0v) is 9.10. The largest absolute Gasteiger partial charge is 0.235 e. The van der Waals surface area contributed by atoms with E-state index in [1.807, 2.05) is 12.3 Å². The molecule has 78 valence electrons. The van der Waals surface area contributed by atoms with Gasteiger partial charge in [-0.1, -0.05) is 6.07 Å². The summed E-state index contributed by atoms with van der Waals surface area (Å²) >= 11 is 1.37. The van der Waals surface area contributed by atoms with Gasteiger partial charge in [-0.2, -0.15) is 4.99 Å². The maximum absolute atomic E-state index is 13.5. The summed E-state index contributed by atoms with van der Waals surface area (Å²) in [4.78, 5) is 14.6. The Kier molecular flexibility index (Phi) is 2.63. The molecule has 0 unspecified atom stereocenters. The average molecular weight is 223 g/mol. The zero-order valence-electron chi connectivity index (χ0n) is 8.29. The van der Waals surface area contributed by atoms with Gasteiger partial charge in [0, 0.05) is 4.90 Å². The third kappa shape index (κ3) is 1.83. The van der Waals surface area contributed by atoms with Crippen LogP contribution in [0.2, 0.25) is 0 Å². The highest BCUT2D eigenvalue weighted by atomic mass is 32.2. The van der Waals surface area contributed by atoms with Crippen LogP contribution in [0.25, 0.3) is 0 Å². The molecule has 4 heteroatoms. The fourth-order valence-corrected chi connectivity index (χ4v) is 2.08. The first-order valence-corrected chi connectivity index (χ1v) is 5.87. The topological polar surface area (TPSA) is 29.4 Å². The summed E-state index contributed by atoms with van der Waals surface area (Å²) in [5.41, 5.74) is 0.306. The highest BCUT2D eigenvalue weighted by molar-refractivity contribution is 7.98. The normalized spacial score (nSPS) is 16.9. The Bertz CT molecular complexity index is 436. The summed E-state index contributed by atoms with van der Waals surface area (Å²) < 4.78 is 13.5. The number of carbonyl (C=O) groups excluding carboxylic acids is 1. The highest BCUT2D eigenvalue weighted by Crippen LogP contribution is 2.49. The van der Waals surface area contributed by atoms with Gasteiger partial charge in [0.2, 0.25) is 6.08 Å². The SMILES string of the molecule is CSc1ccc(C2(N=C=O)CC2)cc1F. The summed E-state index contributed by atoms with van der Waals surface area (Å²) in [5, 5.41) is 0. The summed E-state index contributed by atoms with van der Waals surface area (Å²) in [7, 11) is 0. The number of hydrogen-bond acceptors (Lipinski definition) is 3. The van der Waals surface area contributed by atoms with E-state index in [4.69, 9.17) is 0 Å². The zero-order chi connectivity index (χ0) is 10.9. The summed E-state index contributed by atoms with van der Waals surface area (Å²) in [6.07, 6.45) is 5.00. The second-order valence-electron chi connectivity index (χ2n) is 3.58. The van der Waals surface area contributed by atoms with Gasteiger partial charge >= 0.3 is 0 Å². The number of aliphatic imine (C=N–C) groups is 1. The highest BCUT2D eigenvalue weighted by Gasteiger charge is 2.45. The standard InChI is InChI=1S/C11H10FNOS/c1-15-10-3-2-8(6-9(10)12)11(4-5-11)13-7-14/h2-3,6H,4-5H2,1H3. The van der Waals surface area contributed by atoms with E-state index >= 15 is 0 Å². The lowest BCUT2D eigenvalue weighted by Crippen LogP contribution is -2.02. The van der Waals surface area contributed by atoms with Crippen molar-refractivity contribution >= 4 is 17.8 Å². The molecule has 0 aliphatic heterocycles. The number of rotatable bonds is 3. The second kappa shape index (κ2) is 3.80. The molecule has 0 aromatic heterocycles. The minimum Gasteiger partial charge on any atom is -0.211 e. The summed E-state index contributed by atoms with van der Waals surface area (Å²) in [6, 6.07) is 5.04. The van der Waals surface area contributed by atoms with E-state index < -0.39 is 5.54 Å². The maximum atomic E-state index is 13.5. The van der Waals surface area contributed by atoms with Crippen molar-refractivity contribution in [3.63, 3.8) is 0 Å². The molecular formula is C11H10FNOS. The fourth-order valence-electron chi connectivity index (χ4n) is 1.63. The predicted octanol–water partition coefficient (Wildman–Crippen LogP) is 2.87. The molecule has 0 heterocycles. The first kappa shape index (κ1) is 10.4. The van der Waals surface area contributed by atoms with Crippen LogP contribution in [0.1, 0.15) is 18.4 Å². The van der Waals surface area contributed by atoms with Crippen molar-refractivity contribution < 1.29 is 9.18 Å². The summed E-state index contributed by atoms with van der Waals surface area (Å²) in [6.45, 7) is 0. The molecule has 1 saturated carbocycles. The van der Waals surface area contributed by atoms with Gasteiger partial charge in [0.1, 0.15) is 5.82 Å². The molecule has 1 fully saturated rings. The van der Waals surface area contributed by atoms with E-state index in [1.54, 1.807) is 12.1 Å². The molecule has 0 atom stereocenters. The Hall–Kier alpha value is -1.12. The number of halogens is 1. The van der Waals surface area contributed by atoms with E-state index in [9.17, 15) is 9.18 Å². The molecule has 2 rings (SSSR count). The number of nitrogens with zero attached hydrogens (tertiary/aromatic N) is 1. The van der Waals surface area contributed by atoms with E-state index in [0.29, 0.717) is 4.90 Å². The van der Waals surface area contributed by atoms with Gasteiger partial charge in [-0.05, 0) is 36.8 Å². The second-order valence-corrected chi connectivity index (χ2v) is 4.43. The predicted molar refractivity (Wildman–Crippen MR) is 57.2 cm³/mol. The molecule has 0 bridgehead atoms. The van der Waals surface area contributed by atoms with Crippen LogP contribution in [-0.2, 0) is 10.3 Å². The molecule has 1 aromatic rings. The van der Waals surface area contributed by atoms with E-state index in [1.165, 1.54) is 17.8 Å². The van der Waals surface area contributed by atoms with Crippen molar-refractivity contribution in [3.05, 3.63) is 29.6 Å². The van der Waals surface area contributed by atoms with Crippen LogP contribution in [0, 0.1) is 5.82 Å². The first-order valence-electron chi connectivity index (χ1n) is 4.65. The van der Waals surface area contributed by atoms with Crippen LogP contribution >= 0.6 is 11.8 Å². The molecule has 1 aliphatic rings. The number of isocyanates is 1. The Morgan fingerprint density at radius 3 is 2.73 bits per heavy atom. The monoisotopic (exact) mass is 223 g/mol. The Morgan fingerprint density at radius 1 is 1.53 bits per heavy atom. The van der Waals surface area contributed by atoms with Crippen molar-refractivity contribution in [1.82, 2.24) is 0 Å². The van der Waals surface area contributed by atoms with Crippen LogP contribution < -0.4 is 0 Å². The van der Waals surface area contributed by atoms with Crippen molar-refractivity contribution in [2.45, 2.75) is 23.3 Å². The van der Waals surface area contributed by atoms with Crippen molar-refractivity contribution in [3.8, 4) is 0 Å². The lowest BCUT2D eigenvalue weighted by atomic mass is 10.1. The van der Waals surface area contributed by atoms with Gasteiger partial charge in [0.15, 0.2) is 0 Å². The smallest absolute Gasteiger partial charge is 0.211 e. The quantitative estimate of drug-likeness (QED) is 0.448. The maximum Gasteiger partial charge on any atom is 0.235 e. The van der Waals surface area contributed by atoms with Crippen LogP contribution in [0.4, 0.5) is 4.39 Å². The van der Waals surface area contributed by atoms with Gasteiger partial charge in [-0.15, -0.1) is 11.8 Å². The van der Waals surface area contributed by atoms with Crippen LogP contribution in [-0.4, -0.2) is 12.3 Å². The Balaban J connectivity index is 2.38. The molecule has 0 spiro atoms. The minimum atomic E-state index is -0.473. The van der Waals surface area contributed by atoms with E-state index in [2.05, 4.69) is 4.99 Å². The molecule has 0 N–H and O–H groups in total. The lowest BCUT2D eigenvalue weighted by Gasteiger charge is -2.09.